The summed E-state index contributed by atoms with van der Waals surface area (Å²) in [4.78, 5) is 15.1. The summed E-state index contributed by atoms with van der Waals surface area (Å²) >= 11 is 0. The van der Waals surface area contributed by atoms with Crippen molar-refractivity contribution in [2.45, 2.75) is 38.6 Å². The molecule has 0 aliphatic rings. The molecule has 6 nitrogen and oxygen atoms in total. The molecule has 0 heterocycles. The molecule has 2 aromatic carbocycles. The molecule has 0 saturated heterocycles. The molecule has 0 radical (unpaired) electrons. The number of hydrogen-bond acceptors (Lipinski definition) is 4. The van der Waals surface area contributed by atoms with Crippen molar-refractivity contribution in [1.29, 1.82) is 0 Å². The molecule has 0 aromatic heterocycles. The molecule has 0 aliphatic carbocycles. The fraction of sp³-hybridized carbons (Fsp3) is 0.381. The van der Waals surface area contributed by atoms with Crippen LogP contribution in [0.2, 0.25) is 0 Å². The summed E-state index contributed by atoms with van der Waals surface area (Å²) in [5.41, 5.74) is 2.80. The monoisotopic (exact) mass is 403 g/mol. The lowest BCUT2D eigenvalue weighted by atomic mass is 10.1. The summed E-state index contributed by atoms with van der Waals surface area (Å²) in [5.74, 6) is -0.336. The summed E-state index contributed by atoms with van der Waals surface area (Å²) in [6.07, 6.45) is 0. The molecule has 0 atom stereocenters. The van der Waals surface area contributed by atoms with E-state index in [1.807, 2.05) is 24.3 Å². The topological polar surface area (TPSA) is 69.7 Å². The molecule has 0 unspecified atom stereocenters. The van der Waals surface area contributed by atoms with Gasteiger partial charge in [-0.2, -0.15) is 0 Å². The lowest BCUT2D eigenvalue weighted by Crippen LogP contribution is -2.30. The summed E-state index contributed by atoms with van der Waals surface area (Å²) in [5, 5.41) is 2.85. The molecule has 0 aliphatic heterocycles. The minimum Gasteiger partial charge on any atom is -0.369 e. The zero-order valence-electron chi connectivity index (χ0n) is 17.4. The summed E-state index contributed by atoms with van der Waals surface area (Å²) in [6, 6.07) is 12.6. The molecule has 28 heavy (non-hydrogen) atoms. The molecule has 1 N–H and O–H groups in total. The molecule has 152 valence electrons. The number of nitrogens with zero attached hydrogens (tertiary/aromatic N) is 2. The fourth-order valence-electron chi connectivity index (χ4n) is 3.00. The highest BCUT2D eigenvalue weighted by Gasteiger charge is 2.20. The average Bonchev–Trinajstić information content (AvgIpc) is 2.63. The Morgan fingerprint density at radius 2 is 1.68 bits per heavy atom. The van der Waals surface area contributed by atoms with Crippen LogP contribution in [0, 0.1) is 6.92 Å². The van der Waals surface area contributed by atoms with Crippen molar-refractivity contribution in [2.24, 2.45) is 0 Å². The van der Waals surface area contributed by atoms with Gasteiger partial charge in [0.25, 0.3) is 5.91 Å². The summed E-state index contributed by atoms with van der Waals surface area (Å²) in [6.45, 7) is 9.06. The number of nitrogens with one attached hydrogen (secondary N) is 1. The van der Waals surface area contributed by atoms with Crippen molar-refractivity contribution in [3.63, 3.8) is 0 Å². The normalized spacial score (nSPS) is 11.7. The van der Waals surface area contributed by atoms with E-state index in [2.05, 4.69) is 31.0 Å². The first-order valence-corrected chi connectivity index (χ1v) is 10.7. The van der Waals surface area contributed by atoms with Gasteiger partial charge in [-0.15, -0.1) is 0 Å². The smallest absolute Gasteiger partial charge is 0.255 e. The number of carbonyl (C=O) groups excluding carboxylic acids is 1. The predicted octanol–water partition coefficient (Wildman–Crippen LogP) is 3.73. The van der Waals surface area contributed by atoms with Gasteiger partial charge in [0.05, 0.1) is 4.90 Å². The number of amides is 1. The highest BCUT2D eigenvalue weighted by atomic mass is 32.2. The van der Waals surface area contributed by atoms with Crippen molar-refractivity contribution in [2.75, 3.05) is 30.9 Å². The molecule has 2 aromatic rings. The van der Waals surface area contributed by atoms with Gasteiger partial charge in [-0.25, -0.2) is 12.7 Å². The lowest BCUT2D eigenvalue weighted by Gasteiger charge is -2.27. The number of benzene rings is 2. The third-order valence-electron chi connectivity index (χ3n) is 4.65. The van der Waals surface area contributed by atoms with Crippen LogP contribution in [0.15, 0.2) is 47.4 Å². The molecular formula is C21H29N3O3S. The van der Waals surface area contributed by atoms with Gasteiger partial charge in [0.1, 0.15) is 0 Å². The van der Waals surface area contributed by atoms with E-state index in [1.165, 1.54) is 26.2 Å². The first-order chi connectivity index (χ1) is 13.1. The van der Waals surface area contributed by atoms with E-state index in [9.17, 15) is 13.2 Å². The van der Waals surface area contributed by atoms with Crippen LogP contribution in [0.25, 0.3) is 0 Å². The molecule has 2 rings (SSSR count). The second-order valence-corrected chi connectivity index (χ2v) is 9.30. The van der Waals surface area contributed by atoms with E-state index >= 15 is 0 Å². The quantitative estimate of drug-likeness (QED) is 0.765. The maximum absolute atomic E-state index is 12.7. The van der Waals surface area contributed by atoms with Gasteiger partial charge in [-0.1, -0.05) is 6.07 Å². The Hall–Kier alpha value is -2.38. The van der Waals surface area contributed by atoms with Gasteiger partial charge in [0, 0.05) is 43.6 Å². The van der Waals surface area contributed by atoms with E-state index in [0.717, 1.165) is 16.5 Å². The number of anilines is 2. The minimum absolute atomic E-state index is 0.0964. The molecule has 0 spiro atoms. The first kappa shape index (κ1) is 21.9. The van der Waals surface area contributed by atoms with Crippen LogP contribution in [0.5, 0.6) is 0 Å². The Labute approximate surface area is 168 Å². The van der Waals surface area contributed by atoms with Gasteiger partial charge in [-0.3, -0.25) is 4.79 Å². The summed E-state index contributed by atoms with van der Waals surface area (Å²) < 4.78 is 25.8. The van der Waals surface area contributed by atoms with E-state index < -0.39 is 10.0 Å². The van der Waals surface area contributed by atoms with E-state index in [-0.39, 0.29) is 10.8 Å². The number of rotatable bonds is 7. The van der Waals surface area contributed by atoms with Crippen molar-refractivity contribution >= 4 is 27.3 Å². The zero-order valence-corrected chi connectivity index (χ0v) is 18.2. The standard InChI is InChI=1S/C21H29N3O3S/c1-7-24(15(2)3)18-11-9-17(10-12-18)22-21(25)20-14-19(13-8-16(20)4)28(26,27)23(5)6/h8-15H,7H2,1-6H3,(H,22,25). The van der Waals surface area contributed by atoms with Crippen LogP contribution in [-0.2, 0) is 10.0 Å². The highest BCUT2D eigenvalue weighted by molar-refractivity contribution is 7.89. The fourth-order valence-corrected chi connectivity index (χ4v) is 3.93. The van der Waals surface area contributed by atoms with E-state index in [1.54, 1.807) is 13.0 Å². The third-order valence-corrected chi connectivity index (χ3v) is 6.46. The largest absolute Gasteiger partial charge is 0.369 e. The number of sulfonamides is 1. The Kier molecular flexibility index (Phi) is 6.85. The maximum atomic E-state index is 12.7. The van der Waals surface area contributed by atoms with Crippen molar-refractivity contribution in [3.8, 4) is 0 Å². The Morgan fingerprint density at radius 1 is 1.07 bits per heavy atom. The van der Waals surface area contributed by atoms with Crippen LogP contribution in [0.4, 0.5) is 11.4 Å². The third kappa shape index (κ3) is 4.72. The molecular weight excluding hydrogens is 374 g/mol. The van der Waals surface area contributed by atoms with E-state index in [0.29, 0.717) is 22.9 Å². The summed E-state index contributed by atoms with van der Waals surface area (Å²) in [7, 11) is -0.670. The SMILES string of the molecule is CCN(c1ccc(NC(=O)c2cc(S(=O)(=O)N(C)C)ccc2C)cc1)C(C)C. The first-order valence-electron chi connectivity index (χ1n) is 9.29. The van der Waals surface area contributed by atoms with Gasteiger partial charge in [0.2, 0.25) is 10.0 Å². The van der Waals surface area contributed by atoms with Gasteiger partial charge < -0.3 is 10.2 Å². The van der Waals surface area contributed by atoms with Crippen molar-refractivity contribution in [3.05, 3.63) is 53.6 Å². The zero-order chi connectivity index (χ0) is 21.1. The lowest BCUT2D eigenvalue weighted by molar-refractivity contribution is 0.102. The Morgan fingerprint density at radius 3 is 2.18 bits per heavy atom. The molecule has 7 heteroatoms. The highest BCUT2D eigenvalue weighted by Crippen LogP contribution is 2.22. The maximum Gasteiger partial charge on any atom is 0.255 e. The average molecular weight is 404 g/mol. The van der Waals surface area contributed by atoms with Crippen molar-refractivity contribution in [1.82, 2.24) is 4.31 Å². The van der Waals surface area contributed by atoms with E-state index in [4.69, 9.17) is 0 Å². The van der Waals surface area contributed by atoms with Crippen molar-refractivity contribution < 1.29 is 13.2 Å². The van der Waals surface area contributed by atoms with Gasteiger partial charge in [0.15, 0.2) is 0 Å². The Balaban J connectivity index is 2.26. The van der Waals surface area contributed by atoms with Gasteiger partial charge in [-0.05, 0) is 69.7 Å². The van der Waals surface area contributed by atoms with Gasteiger partial charge >= 0.3 is 0 Å². The van der Waals surface area contributed by atoms with Crippen LogP contribution in [0.3, 0.4) is 0 Å². The van der Waals surface area contributed by atoms with Crippen LogP contribution < -0.4 is 10.2 Å². The second-order valence-electron chi connectivity index (χ2n) is 7.14. The number of aryl methyl sites for hydroxylation is 1. The number of carbonyl (C=O) groups is 1. The minimum atomic E-state index is -3.60. The van der Waals surface area contributed by atoms with Crippen LogP contribution in [-0.4, -0.2) is 45.3 Å². The predicted molar refractivity (Wildman–Crippen MR) is 115 cm³/mol. The molecule has 0 saturated carbocycles. The second kappa shape index (κ2) is 8.75. The molecule has 0 bridgehead atoms. The van der Waals surface area contributed by atoms with Crippen LogP contribution in [0.1, 0.15) is 36.7 Å². The Bertz CT molecular complexity index is 936. The molecule has 1 amide bonds. The number of hydrogen-bond donors (Lipinski definition) is 1. The van der Waals surface area contributed by atoms with Crippen LogP contribution >= 0.6 is 0 Å². The molecule has 0 fully saturated rings.